The predicted molar refractivity (Wildman–Crippen MR) is 115 cm³/mol. The van der Waals surface area contributed by atoms with Crippen LogP contribution < -0.4 is 14.9 Å². The number of rotatable bonds is 7. The van der Waals surface area contributed by atoms with Crippen molar-refractivity contribution in [3.63, 3.8) is 0 Å². The quantitative estimate of drug-likeness (QED) is 0.412. The van der Waals surface area contributed by atoms with Crippen LogP contribution in [0.15, 0.2) is 45.6 Å². The zero-order valence-electron chi connectivity index (χ0n) is 18.5. The molecule has 1 heterocycles. The monoisotopic (exact) mass is 464 g/mol. The normalized spacial score (nSPS) is 11.6. The Balaban J connectivity index is 1.96. The molecule has 176 valence electrons. The minimum absolute atomic E-state index is 0.0447. The average Bonchev–Trinajstić information content (AvgIpc) is 2.71. The largest absolute Gasteiger partial charge is 0.482 e. The second-order valence-corrected chi connectivity index (χ2v) is 8.04. The van der Waals surface area contributed by atoms with E-state index in [2.05, 4.69) is 0 Å². The van der Waals surface area contributed by atoms with Gasteiger partial charge in [-0.15, -0.1) is 0 Å². The van der Waals surface area contributed by atoms with Crippen molar-refractivity contribution in [2.45, 2.75) is 33.9 Å². The summed E-state index contributed by atoms with van der Waals surface area (Å²) in [5.41, 5.74) is 0.189. The van der Waals surface area contributed by atoms with E-state index in [9.17, 15) is 22.8 Å². The van der Waals surface area contributed by atoms with Gasteiger partial charge in [0, 0.05) is 6.07 Å². The van der Waals surface area contributed by atoms with Gasteiger partial charge >= 0.3 is 12.1 Å². The molecule has 3 aromatic rings. The summed E-state index contributed by atoms with van der Waals surface area (Å²) in [5, 5.41) is -0.128. The maximum atomic E-state index is 13.7. The highest BCUT2D eigenvalue weighted by Gasteiger charge is 2.40. The first-order valence-corrected chi connectivity index (χ1v) is 10.2. The predicted octanol–water partition coefficient (Wildman–Crippen LogP) is 5.80. The van der Waals surface area contributed by atoms with Gasteiger partial charge in [0.1, 0.15) is 17.1 Å². The van der Waals surface area contributed by atoms with Crippen LogP contribution in [0.4, 0.5) is 13.2 Å². The molecule has 0 aliphatic heterocycles. The molecule has 0 spiro atoms. The molecule has 0 saturated heterocycles. The van der Waals surface area contributed by atoms with Gasteiger partial charge in [0.25, 0.3) is 5.76 Å². The van der Waals surface area contributed by atoms with Crippen molar-refractivity contribution < 1.29 is 36.6 Å². The fourth-order valence-electron chi connectivity index (χ4n) is 3.08. The molecular weight excluding hydrogens is 441 g/mol. The molecule has 0 atom stereocenters. The molecule has 0 aliphatic rings. The Labute approximate surface area is 187 Å². The zero-order chi connectivity index (χ0) is 24.3. The molecule has 0 radical (unpaired) electrons. The molecule has 0 N–H and O–H groups in total. The Kier molecular flexibility index (Phi) is 7.00. The number of alkyl halides is 3. The van der Waals surface area contributed by atoms with Crippen LogP contribution in [-0.4, -0.2) is 19.2 Å². The number of ether oxygens (including phenoxy) is 3. The Morgan fingerprint density at radius 3 is 2.30 bits per heavy atom. The summed E-state index contributed by atoms with van der Waals surface area (Å²) in [4.78, 5) is 24.6. The Bertz CT molecular complexity index is 1210. The lowest BCUT2D eigenvalue weighted by atomic mass is 10.1. The molecule has 1 aromatic heterocycles. The highest BCUT2D eigenvalue weighted by molar-refractivity contribution is 5.80. The second kappa shape index (κ2) is 9.56. The minimum Gasteiger partial charge on any atom is -0.482 e. The van der Waals surface area contributed by atoms with Crippen LogP contribution in [-0.2, 0) is 15.7 Å². The number of benzene rings is 2. The van der Waals surface area contributed by atoms with Crippen LogP contribution >= 0.6 is 0 Å². The summed E-state index contributed by atoms with van der Waals surface area (Å²) in [7, 11) is 0. The molecule has 0 fully saturated rings. The van der Waals surface area contributed by atoms with E-state index in [1.165, 1.54) is 24.3 Å². The maximum Gasteiger partial charge on any atom is 0.453 e. The van der Waals surface area contributed by atoms with Gasteiger partial charge in [-0.2, -0.15) is 13.2 Å². The van der Waals surface area contributed by atoms with Gasteiger partial charge < -0.3 is 18.6 Å². The smallest absolute Gasteiger partial charge is 0.453 e. The third-order valence-electron chi connectivity index (χ3n) is 4.43. The van der Waals surface area contributed by atoms with E-state index in [4.69, 9.17) is 18.6 Å². The summed E-state index contributed by atoms with van der Waals surface area (Å²) < 4.78 is 61.8. The molecular formula is C24H23F3O6. The Hall–Kier alpha value is -3.49. The van der Waals surface area contributed by atoms with E-state index in [1.54, 1.807) is 13.8 Å². The molecule has 33 heavy (non-hydrogen) atoms. The van der Waals surface area contributed by atoms with Crippen molar-refractivity contribution in [1.29, 1.82) is 0 Å². The van der Waals surface area contributed by atoms with E-state index in [-0.39, 0.29) is 35.0 Å². The van der Waals surface area contributed by atoms with Crippen molar-refractivity contribution in [3.8, 4) is 17.2 Å². The van der Waals surface area contributed by atoms with Gasteiger partial charge in [-0.05, 0) is 55.2 Å². The lowest BCUT2D eigenvalue weighted by molar-refractivity contribution is -0.154. The lowest BCUT2D eigenvalue weighted by Crippen LogP contribution is -2.17. The molecule has 9 heteroatoms. The maximum absolute atomic E-state index is 13.7. The van der Waals surface area contributed by atoms with Gasteiger partial charge in [0.15, 0.2) is 6.61 Å². The molecule has 0 unspecified atom stereocenters. The van der Waals surface area contributed by atoms with E-state index in [0.717, 1.165) is 17.2 Å². The van der Waals surface area contributed by atoms with E-state index < -0.39 is 35.7 Å². The third-order valence-corrected chi connectivity index (χ3v) is 4.43. The summed E-state index contributed by atoms with van der Waals surface area (Å²) in [5.74, 6) is -2.87. The Morgan fingerprint density at radius 2 is 1.70 bits per heavy atom. The lowest BCUT2D eigenvalue weighted by Gasteiger charge is -2.14. The van der Waals surface area contributed by atoms with E-state index in [0.29, 0.717) is 0 Å². The van der Waals surface area contributed by atoms with Gasteiger partial charge in [-0.1, -0.05) is 19.9 Å². The Morgan fingerprint density at radius 1 is 1.03 bits per heavy atom. The summed E-state index contributed by atoms with van der Waals surface area (Å²) in [6, 6.07) is 8.58. The van der Waals surface area contributed by atoms with Crippen LogP contribution in [0.3, 0.4) is 0 Å². The van der Waals surface area contributed by atoms with Gasteiger partial charge in [0.05, 0.1) is 12.0 Å². The number of carbonyl (C=O) groups excluding carboxylic acids is 1. The topological polar surface area (TPSA) is 75.0 Å². The summed E-state index contributed by atoms with van der Waals surface area (Å²) in [6.07, 6.45) is -4.99. The fourth-order valence-corrected chi connectivity index (χ4v) is 3.08. The SMILES string of the molecule is Cc1cc(C)cc(Oc2c(C(F)(F)F)oc3cc(OCC(=O)OCC(C)C)ccc3c2=O)c1. The first kappa shape index (κ1) is 24.2. The fraction of sp³-hybridized carbons (Fsp3) is 0.333. The molecule has 3 rings (SSSR count). The number of hydrogen-bond acceptors (Lipinski definition) is 6. The van der Waals surface area contributed by atoms with Gasteiger partial charge in [-0.25, -0.2) is 4.79 Å². The van der Waals surface area contributed by atoms with Crippen molar-refractivity contribution in [2.75, 3.05) is 13.2 Å². The highest BCUT2D eigenvalue weighted by Crippen LogP contribution is 2.38. The van der Waals surface area contributed by atoms with Crippen LogP contribution in [0.5, 0.6) is 17.2 Å². The van der Waals surface area contributed by atoms with Crippen LogP contribution in [0.1, 0.15) is 30.7 Å². The number of hydrogen-bond donors (Lipinski definition) is 0. The first-order valence-electron chi connectivity index (χ1n) is 10.2. The molecule has 0 amide bonds. The number of carbonyl (C=O) groups is 1. The minimum atomic E-state index is -4.99. The molecule has 0 saturated carbocycles. The van der Waals surface area contributed by atoms with E-state index in [1.807, 2.05) is 19.9 Å². The second-order valence-electron chi connectivity index (χ2n) is 8.04. The van der Waals surface area contributed by atoms with Crippen molar-refractivity contribution in [2.24, 2.45) is 5.92 Å². The standard InChI is InChI=1S/C24H23F3O6/c1-13(2)11-31-20(28)12-30-16-5-6-18-19(10-16)33-23(24(25,26)27)22(21(18)29)32-17-8-14(3)7-15(4)9-17/h5-10,13H,11-12H2,1-4H3. The first-order chi connectivity index (χ1) is 15.4. The molecule has 0 aliphatic carbocycles. The zero-order valence-corrected chi connectivity index (χ0v) is 18.5. The van der Waals surface area contributed by atoms with E-state index >= 15 is 0 Å². The molecule has 6 nitrogen and oxygen atoms in total. The number of halogens is 3. The number of esters is 1. The summed E-state index contributed by atoms with van der Waals surface area (Å²) >= 11 is 0. The number of aryl methyl sites for hydroxylation is 2. The molecule has 0 bridgehead atoms. The van der Waals surface area contributed by atoms with Crippen LogP contribution in [0, 0.1) is 19.8 Å². The molecule has 2 aromatic carbocycles. The van der Waals surface area contributed by atoms with Gasteiger partial charge in [0.2, 0.25) is 11.2 Å². The van der Waals surface area contributed by atoms with Crippen LogP contribution in [0.25, 0.3) is 11.0 Å². The third kappa shape index (κ3) is 6.06. The number of fused-ring (bicyclic) bond motifs is 1. The van der Waals surface area contributed by atoms with Crippen molar-refractivity contribution in [1.82, 2.24) is 0 Å². The average molecular weight is 464 g/mol. The van der Waals surface area contributed by atoms with Crippen LogP contribution in [0.2, 0.25) is 0 Å². The van der Waals surface area contributed by atoms with Crippen molar-refractivity contribution in [3.05, 3.63) is 63.5 Å². The highest BCUT2D eigenvalue weighted by atomic mass is 19.4. The van der Waals surface area contributed by atoms with Gasteiger partial charge in [-0.3, -0.25) is 4.79 Å². The summed E-state index contributed by atoms with van der Waals surface area (Å²) in [6.45, 7) is 7.03. The van der Waals surface area contributed by atoms with Crippen molar-refractivity contribution >= 4 is 16.9 Å².